The minimum atomic E-state index is -2.03. The van der Waals surface area contributed by atoms with Crippen LogP contribution >= 0.6 is 0 Å². The Kier molecular flexibility index (Phi) is 11.8. The summed E-state index contributed by atoms with van der Waals surface area (Å²) in [5.74, 6) is -4.37. The van der Waals surface area contributed by atoms with E-state index in [0.29, 0.717) is 0 Å². The number of aliphatic hydroxyl groups is 10. The lowest BCUT2D eigenvalue weighted by molar-refractivity contribution is -0.358. The van der Waals surface area contributed by atoms with E-state index in [1.165, 1.54) is 24.3 Å². The monoisotopic (exact) mass is 786 g/mol. The van der Waals surface area contributed by atoms with Crippen LogP contribution in [0.3, 0.4) is 0 Å². The summed E-state index contributed by atoms with van der Waals surface area (Å²) >= 11 is 0. The maximum Gasteiger partial charge on any atom is 0.335 e. The highest BCUT2D eigenvalue weighted by Gasteiger charge is 2.52. The summed E-state index contributed by atoms with van der Waals surface area (Å²) in [6.07, 6.45) is -28.6. The number of benzene rings is 2. The molecule has 13 N–H and O–H groups in total. The lowest BCUT2D eigenvalue weighted by Crippen LogP contribution is -2.65. The Morgan fingerprint density at radius 1 is 0.673 bits per heavy atom. The molecule has 0 spiro atoms. The number of phenols is 2. The van der Waals surface area contributed by atoms with E-state index in [9.17, 15) is 76.0 Å². The standard InChI is InChI=1S/C33H38O22/c34-7-14-17(38)20(41)24(45)32(51-14)55-29-22(43)18(39)15(8-35)52-33(29)53-27-19(40)16-12(37)5-11(6-13(16)50-26(27)9-1-3-10(36)4-2-9)49-31-25(46)21(42)23(44)28(54-31)30(47)48/h1-6,14-15,17-18,20-25,28-29,31-39,41-46H,7-8H2,(H,47,48). The van der Waals surface area contributed by atoms with Crippen LogP contribution in [-0.4, -0.2) is 178 Å². The molecule has 3 aromatic rings. The molecule has 15 unspecified atom stereocenters. The molecule has 302 valence electrons. The van der Waals surface area contributed by atoms with Gasteiger partial charge >= 0.3 is 5.97 Å². The number of hydrogen-bond donors (Lipinski definition) is 13. The molecule has 0 aliphatic carbocycles. The van der Waals surface area contributed by atoms with E-state index in [-0.39, 0.29) is 11.3 Å². The number of carbonyl (C=O) groups is 1. The second-order valence-electron chi connectivity index (χ2n) is 12.9. The molecule has 0 bridgehead atoms. The number of aromatic hydroxyl groups is 2. The molecular weight excluding hydrogens is 748 g/mol. The molecule has 4 heterocycles. The zero-order valence-corrected chi connectivity index (χ0v) is 28.0. The highest BCUT2D eigenvalue weighted by Crippen LogP contribution is 2.39. The lowest BCUT2D eigenvalue weighted by Gasteiger charge is -2.45. The van der Waals surface area contributed by atoms with Crippen molar-refractivity contribution in [2.45, 2.75) is 92.1 Å². The van der Waals surface area contributed by atoms with Crippen LogP contribution in [0.25, 0.3) is 22.3 Å². The Morgan fingerprint density at radius 2 is 1.25 bits per heavy atom. The Morgan fingerprint density at radius 3 is 1.87 bits per heavy atom. The van der Waals surface area contributed by atoms with Crippen molar-refractivity contribution in [3.63, 3.8) is 0 Å². The van der Waals surface area contributed by atoms with Gasteiger partial charge in [-0.1, -0.05) is 0 Å². The van der Waals surface area contributed by atoms with Gasteiger partial charge in [-0.25, -0.2) is 4.79 Å². The molecule has 15 atom stereocenters. The zero-order chi connectivity index (χ0) is 40.0. The smallest absolute Gasteiger partial charge is 0.335 e. The first-order valence-electron chi connectivity index (χ1n) is 16.5. The molecular formula is C33H38O22. The van der Waals surface area contributed by atoms with E-state index >= 15 is 0 Å². The third-order valence-corrected chi connectivity index (χ3v) is 9.30. The zero-order valence-electron chi connectivity index (χ0n) is 28.0. The van der Waals surface area contributed by atoms with Gasteiger partial charge < -0.3 is 99.2 Å². The van der Waals surface area contributed by atoms with Crippen molar-refractivity contribution < 1.29 is 104 Å². The number of fused-ring (bicyclic) bond motifs is 1. The first-order valence-corrected chi connectivity index (χ1v) is 16.5. The molecule has 3 aliphatic rings. The molecule has 3 fully saturated rings. The normalized spacial score (nSPS) is 36.7. The van der Waals surface area contributed by atoms with E-state index in [1.54, 1.807) is 0 Å². The molecule has 3 aliphatic heterocycles. The largest absolute Gasteiger partial charge is 0.508 e. The second-order valence-corrected chi connectivity index (χ2v) is 12.9. The van der Waals surface area contributed by atoms with Crippen LogP contribution in [0.2, 0.25) is 0 Å². The number of aliphatic carboxylic acids is 1. The number of carboxylic acid groups (broad SMARTS) is 1. The third kappa shape index (κ3) is 7.66. The van der Waals surface area contributed by atoms with Crippen molar-refractivity contribution >= 4 is 16.9 Å². The summed E-state index contributed by atoms with van der Waals surface area (Å²) in [4.78, 5) is 25.8. The van der Waals surface area contributed by atoms with Gasteiger partial charge in [-0.3, -0.25) is 4.79 Å². The molecule has 2 aromatic carbocycles. The number of carboxylic acids is 1. The predicted molar refractivity (Wildman–Crippen MR) is 173 cm³/mol. The van der Waals surface area contributed by atoms with E-state index in [2.05, 4.69) is 0 Å². The van der Waals surface area contributed by atoms with Crippen LogP contribution in [0.15, 0.2) is 45.6 Å². The summed E-state index contributed by atoms with van der Waals surface area (Å²) in [7, 11) is 0. The minimum absolute atomic E-state index is 0.0339. The number of rotatable bonds is 10. The summed E-state index contributed by atoms with van der Waals surface area (Å²) < 4.78 is 39.2. The van der Waals surface area contributed by atoms with E-state index in [4.69, 9.17) is 32.8 Å². The van der Waals surface area contributed by atoms with Gasteiger partial charge in [-0.15, -0.1) is 0 Å². The summed E-state index contributed by atoms with van der Waals surface area (Å²) in [6, 6.07) is 6.79. The summed E-state index contributed by atoms with van der Waals surface area (Å²) in [5, 5.41) is 133. The van der Waals surface area contributed by atoms with Crippen molar-refractivity contribution in [3.8, 4) is 34.3 Å². The van der Waals surface area contributed by atoms with Gasteiger partial charge in [0, 0.05) is 17.7 Å². The van der Waals surface area contributed by atoms with Crippen molar-refractivity contribution in [1.82, 2.24) is 0 Å². The average molecular weight is 787 g/mol. The highest BCUT2D eigenvalue weighted by atomic mass is 16.8. The molecule has 0 saturated carbocycles. The molecule has 55 heavy (non-hydrogen) atoms. The maximum atomic E-state index is 14.2. The first-order chi connectivity index (χ1) is 26.1. The van der Waals surface area contributed by atoms with Gasteiger partial charge in [-0.2, -0.15) is 0 Å². The fourth-order valence-electron chi connectivity index (χ4n) is 6.27. The SMILES string of the molecule is O=C(O)C1OC(Oc2cc(O)c3c(=O)c(OC4OC(CO)C(O)C(O)C4OC4OC(CO)C(O)C(O)C4O)c(-c4ccc(O)cc4)oc3c2)C(O)C(O)C1O. The Bertz CT molecular complexity index is 1880. The Labute approximate surface area is 307 Å². The molecule has 3 saturated heterocycles. The number of hydrogen-bond acceptors (Lipinski definition) is 21. The van der Waals surface area contributed by atoms with Gasteiger partial charge in [0.1, 0.15) is 89.3 Å². The van der Waals surface area contributed by atoms with Crippen LogP contribution in [0.4, 0.5) is 0 Å². The van der Waals surface area contributed by atoms with E-state index in [1.807, 2.05) is 0 Å². The van der Waals surface area contributed by atoms with Crippen LogP contribution in [0.1, 0.15) is 0 Å². The number of ether oxygens (including phenoxy) is 6. The van der Waals surface area contributed by atoms with Crippen LogP contribution < -0.4 is 14.9 Å². The van der Waals surface area contributed by atoms with Gasteiger partial charge in [0.2, 0.25) is 23.8 Å². The third-order valence-electron chi connectivity index (χ3n) is 9.30. The van der Waals surface area contributed by atoms with Crippen LogP contribution in [0, 0.1) is 0 Å². The number of phenolic OH excluding ortho intramolecular Hbond substituents is 2. The van der Waals surface area contributed by atoms with Crippen LogP contribution in [0.5, 0.6) is 23.0 Å². The molecule has 1 aromatic heterocycles. The van der Waals surface area contributed by atoms with Crippen molar-refractivity contribution in [2.75, 3.05) is 13.2 Å². The Hall–Kier alpha value is -4.24. The molecule has 22 heteroatoms. The lowest BCUT2D eigenvalue weighted by atomic mass is 9.97. The van der Waals surface area contributed by atoms with Crippen molar-refractivity contribution in [2.24, 2.45) is 0 Å². The summed E-state index contributed by atoms with van der Waals surface area (Å²) in [6.45, 7) is -1.76. The second kappa shape index (κ2) is 16.1. The van der Waals surface area contributed by atoms with Crippen molar-refractivity contribution in [3.05, 3.63) is 46.6 Å². The summed E-state index contributed by atoms with van der Waals surface area (Å²) in [5.41, 5.74) is -1.53. The molecule has 6 rings (SSSR count). The van der Waals surface area contributed by atoms with Gasteiger partial charge in [0.05, 0.1) is 13.2 Å². The van der Waals surface area contributed by atoms with Gasteiger partial charge in [0.15, 0.2) is 24.3 Å². The fraction of sp³-hybridized carbons (Fsp3) is 0.515. The van der Waals surface area contributed by atoms with Crippen LogP contribution in [-0.2, 0) is 23.7 Å². The van der Waals surface area contributed by atoms with Gasteiger partial charge in [0.25, 0.3) is 0 Å². The van der Waals surface area contributed by atoms with Gasteiger partial charge in [-0.05, 0) is 24.3 Å². The number of aliphatic hydroxyl groups excluding tert-OH is 10. The van der Waals surface area contributed by atoms with E-state index in [0.717, 1.165) is 12.1 Å². The maximum absolute atomic E-state index is 14.2. The molecule has 0 amide bonds. The minimum Gasteiger partial charge on any atom is -0.508 e. The predicted octanol–water partition coefficient (Wildman–Crippen LogP) is -4.85. The fourth-order valence-corrected chi connectivity index (χ4v) is 6.27. The molecule has 0 radical (unpaired) electrons. The average Bonchev–Trinajstić information content (AvgIpc) is 3.15. The first kappa shape index (κ1) is 40.4. The van der Waals surface area contributed by atoms with Crippen molar-refractivity contribution in [1.29, 1.82) is 0 Å². The topological polar surface area (TPSA) is 366 Å². The quantitative estimate of drug-likeness (QED) is 0.0916. The highest BCUT2D eigenvalue weighted by molar-refractivity contribution is 5.88. The Balaban J connectivity index is 1.41. The molecule has 22 nitrogen and oxygen atoms in total. The van der Waals surface area contributed by atoms with E-state index < -0.39 is 151 Å².